The second-order valence-electron chi connectivity index (χ2n) is 9.30. The number of halogens is 1. The van der Waals surface area contributed by atoms with E-state index in [0.717, 1.165) is 30.5 Å². The van der Waals surface area contributed by atoms with Gasteiger partial charge in [0.1, 0.15) is 11.6 Å². The number of hydrogen-bond donors (Lipinski definition) is 2. The lowest BCUT2D eigenvalue weighted by Crippen LogP contribution is -2.45. The van der Waals surface area contributed by atoms with E-state index >= 15 is 0 Å². The molecule has 2 aromatic rings. The van der Waals surface area contributed by atoms with Crippen molar-refractivity contribution in [1.82, 2.24) is 9.88 Å². The first-order valence-corrected chi connectivity index (χ1v) is 13.0. The van der Waals surface area contributed by atoms with Crippen molar-refractivity contribution in [2.24, 2.45) is 17.6 Å². The van der Waals surface area contributed by atoms with Crippen molar-refractivity contribution >= 4 is 28.6 Å². The largest absolute Gasteiger partial charge is 0.497 e. The zero-order valence-electron chi connectivity index (χ0n) is 19.2. The lowest BCUT2D eigenvalue weighted by atomic mass is 9.81. The highest BCUT2D eigenvalue weighted by atomic mass is 32.2. The van der Waals surface area contributed by atoms with Crippen molar-refractivity contribution in [2.45, 2.75) is 49.8 Å². The van der Waals surface area contributed by atoms with E-state index in [1.807, 2.05) is 11.8 Å². The van der Waals surface area contributed by atoms with Crippen LogP contribution in [0.2, 0.25) is 0 Å². The quantitative estimate of drug-likeness (QED) is 0.524. The minimum atomic E-state index is -0.741. The number of carboxylic acids is 1. The van der Waals surface area contributed by atoms with E-state index in [1.165, 1.54) is 25.5 Å². The normalized spacial score (nSPS) is 22.8. The Morgan fingerprint density at radius 3 is 2.91 bits per heavy atom. The van der Waals surface area contributed by atoms with Crippen LogP contribution in [0.15, 0.2) is 24.4 Å². The van der Waals surface area contributed by atoms with Crippen LogP contribution in [-0.2, 0) is 4.79 Å². The molecular formula is C25H34FN3O3S. The Kier molecular flexibility index (Phi) is 8.09. The average molecular weight is 476 g/mol. The number of fused-ring (bicyclic) bond motifs is 1. The summed E-state index contributed by atoms with van der Waals surface area (Å²) in [6, 6.07) is 4.82. The molecule has 1 saturated carbocycles. The first-order valence-electron chi connectivity index (χ1n) is 11.9. The number of hydrogen-bond acceptors (Lipinski definition) is 6. The molecule has 3 atom stereocenters. The molecule has 1 aliphatic carbocycles. The number of nitrogens with two attached hydrogens (primary N) is 1. The molecule has 1 aliphatic heterocycles. The molecule has 8 heteroatoms. The Hall–Kier alpha value is -1.90. The summed E-state index contributed by atoms with van der Waals surface area (Å²) >= 11 is 2.03. The van der Waals surface area contributed by atoms with Crippen molar-refractivity contribution in [3.8, 4) is 5.75 Å². The van der Waals surface area contributed by atoms with E-state index in [-0.39, 0.29) is 5.92 Å². The molecular weight excluding hydrogens is 441 g/mol. The summed E-state index contributed by atoms with van der Waals surface area (Å²) < 4.78 is 20.0. The number of nitrogens with zero attached hydrogens (tertiary/aromatic N) is 2. The molecule has 3 unspecified atom stereocenters. The van der Waals surface area contributed by atoms with E-state index in [4.69, 9.17) is 10.5 Å². The molecule has 1 aromatic heterocycles. The molecule has 33 heavy (non-hydrogen) atoms. The third-order valence-electron chi connectivity index (χ3n) is 7.26. The number of aromatic nitrogens is 1. The average Bonchev–Trinajstić information content (AvgIpc) is 2.78. The summed E-state index contributed by atoms with van der Waals surface area (Å²) in [5, 5.41) is 11.3. The Balaban J connectivity index is 1.37. The predicted molar refractivity (Wildman–Crippen MR) is 130 cm³/mol. The Morgan fingerprint density at radius 1 is 1.39 bits per heavy atom. The highest BCUT2D eigenvalue weighted by molar-refractivity contribution is 7.99. The summed E-state index contributed by atoms with van der Waals surface area (Å²) in [4.78, 5) is 18.5. The number of aliphatic carboxylic acids is 1. The molecule has 0 bridgehead atoms. The van der Waals surface area contributed by atoms with E-state index < -0.39 is 23.7 Å². The molecule has 4 rings (SSSR count). The number of ether oxygens (including phenoxy) is 1. The number of benzene rings is 1. The monoisotopic (exact) mass is 475 g/mol. The molecule has 2 heterocycles. The smallest absolute Gasteiger partial charge is 0.308 e. The van der Waals surface area contributed by atoms with Gasteiger partial charge in [-0.25, -0.2) is 4.39 Å². The van der Waals surface area contributed by atoms with Crippen LogP contribution < -0.4 is 10.5 Å². The van der Waals surface area contributed by atoms with Crippen LogP contribution in [-0.4, -0.2) is 58.7 Å². The van der Waals surface area contributed by atoms with Gasteiger partial charge in [0.05, 0.1) is 24.7 Å². The van der Waals surface area contributed by atoms with E-state index in [9.17, 15) is 14.3 Å². The number of carboxylic acid groups (broad SMARTS) is 1. The van der Waals surface area contributed by atoms with Crippen LogP contribution in [0.3, 0.4) is 0 Å². The first-order chi connectivity index (χ1) is 16.0. The third kappa shape index (κ3) is 5.78. The van der Waals surface area contributed by atoms with Crippen LogP contribution in [0.25, 0.3) is 10.9 Å². The van der Waals surface area contributed by atoms with Crippen LogP contribution in [0, 0.1) is 17.7 Å². The number of thioether (sulfide) groups is 1. The maximum absolute atomic E-state index is 14.7. The molecule has 6 nitrogen and oxygen atoms in total. The fourth-order valence-corrected chi connectivity index (χ4v) is 6.36. The number of carbonyl (C=O) groups is 1. The van der Waals surface area contributed by atoms with E-state index in [2.05, 4.69) is 9.88 Å². The second kappa shape index (κ2) is 11.0. The highest BCUT2D eigenvalue weighted by Gasteiger charge is 2.34. The molecule has 0 radical (unpaired) electrons. The number of piperidine rings is 1. The van der Waals surface area contributed by atoms with Gasteiger partial charge in [-0.2, -0.15) is 11.8 Å². The lowest BCUT2D eigenvalue weighted by Gasteiger charge is -2.37. The Morgan fingerprint density at radius 2 is 2.21 bits per heavy atom. The predicted octanol–water partition coefficient (Wildman–Crippen LogP) is 4.47. The summed E-state index contributed by atoms with van der Waals surface area (Å²) in [6.07, 6.45) is 7.24. The summed E-state index contributed by atoms with van der Waals surface area (Å²) in [6.45, 7) is 2.45. The van der Waals surface area contributed by atoms with Crippen LogP contribution in [0.1, 0.15) is 50.1 Å². The van der Waals surface area contributed by atoms with E-state index in [0.29, 0.717) is 41.6 Å². The topological polar surface area (TPSA) is 88.7 Å². The maximum atomic E-state index is 14.7. The molecule has 180 valence electrons. The number of rotatable bonds is 10. The van der Waals surface area contributed by atoms with Crippen molar-refractivity contribution < 1.29 is 19.0 Å². The van der Waals surface area contributed by atoms with Crippen molar-refractivity contribution in [3.05, 3.63) is 35.8 Å². The van der Waals surface area contributed by atoms with Gasteiger partial charge < -0.3 is 20.5 Å². The molecule has 2 fully saturated rings. The number of likely N-dealkylation sites (tertiary alicyclic amines) is 1. The molecule has 2 aliphatic rings. The van der Waals surface area contributed by atoms with Gasteiger partial charge in [0.15, 0.2) is 0 Å². The second-order valence-corrected chi connectivity index (χ2v) is 10.7. The van der Waals surface area contributed by atoms with Crippen molar-refractivity contribution in [1.29, 1.82) is 0 Å². The van der Waals surface area contributed by atoms with Crippen molar-refractivity contribution in [3.63, 3.8) is 0 Å². The minimum absolute atomic E-state index is 0.0507. The lowest BCUT2D eigenvalue weighted by molar-refractivity contribution is -0.146. The maximum Gasteiger partial charge on any atom is 0.308 e. The molecule has 0 amide bonds. The highest BCUT2D eigenvalue weighted by Crippen LogP contribution is 2.35. The minimum Gasteiger partial charge on any atom is -0.497 e. The zero-order chi connectivity index (χ0) is 23.4. The Labute approximate surface area is 199 Å². The van der Waals surface area contributed by atoms with Gasteiger partial charge in [-0.3, -0.25) is 9.78 Å². The molecule has 1 saturated heterocycles. The molecule has 1 aromatic carbocycles. The van der Waals surface area contributed by atoms with Gasteiger partial charge in [-0.1, -0.05) is 6.42 Å². The van der Waals surface area contributed by atoms with Gasteiger partial charge in [-0.15, -0.1) is 0 Å². The van der Waals surface area contributed by atoms with Crippen LogP contribution in [0.4, 0.5) is 4.39 Å². The number of methoxy groups -OCH3 is 1. The van der Waals surface area contributed by atoms with Crippen LogP contribution >= 0.6 is 11.8 Å². The standard InChI is InChI=1S/C25H34FN3O3S/c1-32-17-6-8-23-19(13-17)24(21(26)14-28-23)22(27)7-5-16-9-10-29(15-20(16)25(30)31)11-12-33-18-3-2-4-18/h6,8,13-14,16,18,20,22H,2-5,7,9-12,15,27H2,1H3,(H,30,31). The fraction of sp³-hybridized carbons (Fsp3) is 0.600. The van der Waals surface area contributed by atoms with Gasteiger partial charge in [0, 0.05) is 41.1 Å². The Bertz CT molecular complexity index is 971. The SMILES string of the molecule is COc1ccc2ncc(F)c(C(N)CCC3CCN(CCSC4CCC4)CC3C(=O)O)c2c1. The summed E-state index contributed by atoms with van der Waals surface area (Å²) in [5.41, 5.74) is 7.56. The van der Waals surface area contributed by atoms with Crippen molar-refractivity contribution in [2.75, 3.05) is 32.5 Å². The van der Waals surface area contributed by atoms with Crippen LogP contribution in [0.5, 0.6) is 5.75 Å². The van der Waals surface area contributed by atoms with Gasteiger partial charge in [0.25, 0.3) is 0 Å². The molecule has 3 N–H and O–H groups in total. The number of pyridine rings is 1. The van der Waals surface area contributed by atoms with Gasteiger partial charge in [-0.05, 0) is 62.8 Å². The van der Waals surface area contributed by atoms with Gasteiger partial charge in [0.2, 0.25) is 0 Å². The fourth-order valence-electron chi connectivity index (χ4n) is 4.99. The zero-order valence-corrected chi connectivity index (χ0v) is 20.0. The summed E-state index contributed by atoms with van der Waals surface area (Å²) in [7, 11) is 1.57. The van der Waals surface area contributed by atoms with E-state index in [1.54, 1.807) is 25.3 Å². The third-order valence-corrected chi connectivity index (χ3v) is 8.62. The molecule has 0 spiro atoms. The summed E-state index contributed by atoms with van der Waals surface area (Å²) in [5.74, 6) is 0.169. The first kappa shape index (κ1) is 24.2. The van der Waals surface area contributed by atoms with Gasteiger partial charge >= 0.3 is 5.97 Å².